The molecular formula is C23H40N2O. The van der Waals surface area contributed by atoms with Crippen LogP contribution in [0.25, 0.3) is 0 Å². The van der Waals surface area contributed by atoms with Crippen LogP contribution in [-0.4, -0.2) is 30.3 Å². The van der Waals surface area contributed by atoms with Gasteiger partial charge < -0.3 is 15.3 Å². The summed E-state index contributed by atoms with van der Waals surface area (Å²) in [4.78, 5) is 2.61. The van der Waals surface area contributed by atoms with E-state index in [2.05, 4.69) is 90.7 Å². The van der Waals surface area contributed by atoms with Crippen molar-refractivity contribution in [3.8, 4) is 0 Å². The van der Waals surface area contributed by atoms with Crippen molar-refractivity contribution in [1.82, 2.24) is 5.32 Å². The minimum atomic E-state index is 0.0418. The summed E-state index contributed by atoms with van der Waals surface area (Å²) < 4.78 is 0. The van der Waals surface area contributed by atoms with Crippen molar-refractivity contribution in [2.75, 3.05) is 24.6 Å². The van der Waals surface area contributed by atoms with E-state index in [-0.39, 0.29) is 28.4 Å². The number of aliphatic hydroxyl groups is 1. The normalized spacial score (nSPS) is 17.5. The Bertz CT molecular complexity index is 615. The van der Waals surface area contributed by atoms with Crippen molar-refractivity contribution in [1.29, 1.82) is 0 Å². The number of hydrogen-bond acceptors (Lipinski definition) is 3. The molecule has 2 N–H and O–H groups in total. The maximum Gasteiger partial charge on any atom is 0.0556 e. The SMILES string of the molecule is CC(C)(C)N1CC(C(C)(C)C)(C(C)(C)C)c2c(CNCCO)cccc21. The van der Waals surface area contributed by atoms with E-state index < -0.39 is 0 Å². The predicted octanol–water partition coefficient (Wildman–Crippen LogP) is 4.72. The van der Waals surface area contributed by atoms with Crippen LogP contribution < -0.4 is 10.2 Å². The molecule has 0 unspecified atom stereocenters. The average Bonchev–Trinajstić information content (AvgIpc) is 2.84. The molecule has 26 heavy (non-hydrogen) atoms. The summed E-state index contributed by atoms with van der Waals surface area (Å²) in [5.74, 6) is 0. The Morgan fingerprint density at radius 2 is 1.58 bits per heavy atom. The molecule has 0 saturated carbocycles. The third-order valence-corrected chi connectivity index (χ3v) is 6.22. The van der Waals surface area contributed by atoms with E-state index in [0.717, 1.165) is 13.1 Å². The Morgan fingerprint density at radius 1 is 1.00 bits per heavy atom. The summed E-state index contributed by atoms with van der Waals surface area (Å²) in [6.07, 6.45) is 0. The van der Waals surface area contributed by atoms with Crippen LogP contribution >= 0.6 is 0 Å². The number of rotatable bonds is 4. The molecule has 3 nitrogen and oxygen atoms in total. The number of nitrogens with one attached hydrogen (secondary N) is 1. The summed E-state index contributed by atoms with van der Waals surface area (Å²) in [6.45, 7) is 24.0. The monoisotopic (exact) mass is 360 g/mol. The lowest BCUT2D eigenvalue weighted by molar-refractivity contribution is 0.0627. The summed E-state index contributed by atoms with van der Waals surface area (Å²) in [5, 5.41) is 12.6. The van der Waals surface area contributed by atoms with Gasteiger partial charge in [0.25, 0.3) is 0 Å². The van der Waals surface area contributed by atoms with Crippen molar-refractivity contribution in [2.45, 2.75) is 79.8 Å². The molecule has 1 heterocycles. The highest BCUT2D eigenvalue weighted by molar-refractivity contribution is 5.68. The smallest absolute Gasteiger partial charge is 0.0556 e. The van der Waals surface area contributed by atoms with Crippen molar-refractivity contribution < 1.29 is 5.11 Å². The van der Waals surface area contributed by atoms with E-state index in [1.165, 1.54) is 16.8 Å². The van der Waals surface area contributed by atoms with Crippen molar-refractivity contribution in [3.05, 3.63) is 29.3 Å². The fourth-order valence-electron chi connectivity index (χ4n) is 5.10. The Labute approximate surface area is 161 Å². The van der Waals surface area contributed by atoms with Gasteiger partial charge >= 0.3 is 0 Å². The standard InChI is InChI=1S/C23H40N2O/c1-20(2,3)23(21(4,5)6)16-25(22(7,8)9)18-12-10-11-17(19(18)23)15-24-13-14-26/h10-12,24,26H,13-16H2,1-9H3. The third-order valence-electron chi connectivity index (χ3n) is 6.22. The van der Waals surface area contributed by atoms with Gasteiger partial charge in [0.05, 0.1) is 6.61 Å². The fraction of sp³-hybridized carbons (Fsp3) is 0.739. The second kappa shape index (κ2) is 6.83. The van der Waals surface area contributed by atoms with Crippen molar-refractivity contribution in [2.24, 2.45) is 10.8 Å². The molecule has 1 aromatic rings. The molecule has 148 valence electrons. The lowest BCUT2D eigenvalue weighted by Gasteiger charge is -2.53. The summed E-state index contributed by atoms with van der Waals surface area (Å²) in [7, 11) is 0. The fourth-order valence-corrected chi connectivity index (χ4v) is 5.10. The molecule has 1 aliphatic rings. The van der Waals surface area contributed by atoms with Crippen LogP contribution in [0.2, 0.25) is 0 Å². The number of nitrogens with zero attached hydrogens (tertiary/aromatic N) is 1. The van der Waals surface area contributed by atoms with Gasteiger partial charge in [-0.15, -0.1) is 0 Å². The maximum absolute atomic E-state index is 9.18. The Balaban J connectivity index is 2.76. The van der Waals surface area contributed by atoms with E-state index >= 15 is 0 Å². The maximum atomic E-state index is 9.18. The van der Waals surface area contributed by atoms with E-state index in [1.807, 2.05) is 0 Å². The highest BCUT2D eigenvalue weighted by Crippen LogP contribution is 2.61. The number of hydrogen-bond donors (Lipinski definition) is 2. The highest BCUT2D eigenvalue weighted by atomic mass is 16.3. The van der Waals surface area contributed by atoms with Crippen LogP contribution in [0, 0.1) is 10.8 Å². The first kappa shape index (κ1) is 21.2. The molecule has 0 fully saturated rings. The van der Waals surface area contributed by atoms with Gasteiger partial charge in [-0.1, -0.05) is 53.7 Å². The van der Waals surface area contributed by atoms with Crippen LogP contribution in [0.15, 0.2) is 18.2 Å². The summed E-state index contributed by atoms with van der Waals surface area (Å²) in [5.41, 5.74) is 4.60. The van der Waals surface area contributed by atoms with Crippen LogP contribution in [0.1, 0.15) is 73.4 Å². The second-order valence-electron chi connectivity index (χ2n) is 10.9. The van der Waals surface area contributed by atoms with Gasteiger partial charge in [0, 0.05) is 36.3 Å². The van der Waals surface area contributed by atoms with Gasteiger partial charge in [-0.25, -0.2) is 0 Å². The summed E-state index contributed by atoms with van der Waals surface area (Å²) >= 11 is 0. The molecule has 0 atom stereocenters. The number of anilines is 1. The first-order valence-electron chi connectivity index (χ1n) is 9.99. The van der Waals surface area contributed by atoms with Crippen LogP contribution in [0.5, 0.6) is 0 Å². The van der Waals surface area contributed by atoms with Gasteiger partial charge in [-0.05, 0) is 48.8 Å². The molecule has 0 aliphatic carbocycles. The van der Waals surface area contributed by atoms with Gasteiger partial charge in [0.15, 0.2) is 0 Å². The largest absolute Gasteiger partial charge is 0.395 e. The second-order valence-corrected chi connectivity index (χ2v) is 10.9. The first-order valence-corrected chi connectivity index (χ1v) is 9.99. The van der Waals surface area contributed by atoms with Crippen LogP contribution in [0.4, 0.5) is 5.69 Å². The molecule has 1 aromatic carbocycles. The van der Waals surface area contributed by atoms with E-state index in [1.54, 1.807) is 0 Å². The van der Waals surface area contributed by atoms with E-state index in [0.29, 0.717) is 6.54 Å². The highest BCUT2D eigenvalue weighted by Gasteiger charge is 2.58. The quantitative estimate of drug-likeness (QED) is 0.763. The molecule has 0 aromatic heterocycles. The van der Waals surface area contributed by atoms with Gasteiger partial charge in [0.2, 0.25) is 0 Å². The van der Waals surface area contributed by atoms with Gasteiger partial charge in [-0.3, -0.25) is 0 Å². The molecular weight excluding hydrogens is 320 g/mol. The zero-order valence-electron chi connectivity index (χ0n) is 18.5. The van der Waals surface area contributed by atoms with E-state index in [4.69, 9.17) is 0 Å². The predicted molar refractivity (Wildman–Crippen MR) is 113 cm³/mol. The summed E-state index contributed by atoms with van der Waals surface area (Å²) in [6, 6.07) is 6.76. The molecule has 3 heteroatoms. The lowest BCUT2D eigenvalue weighted by atomic mass is 9.51. The van der Waals surface area contributed by atoms with Crippen LogP contribution in [0.3, 0.4) is 0 Å². The average molecular weight is 361 g/mol. The number of benzene rings is 1. The van der Waals surface area contributed by atoms with Gasteiger partial charge in [0.1, 0.15) is 0 Å². The van der Waals surface area contributed by atoms with E-state index in [9.17, 15) is 5.11 Å². The van der Waals surface area contributed by atoms with Crippen molar-refractivity contribution in [3.63, 3.8) is 0 Å². The lowest BCUT2D eigenvalue weighted by Crippen LogP contribution is -2.55. The zero-order valence-corrected chi connectivity index (χ0v) is 18.5. The first-order chi connectivity index (χ1) is 11.8. The molecule has 0 spiro atoms. The molecule has 0 bridgehead atoms. The Morgan fingerprint density at radius 3 is 2.04 bits per heavy atom. The van der Waals surface area contributed by atoms with Gasteiger partial charge in [-0.2, -0.15) is 0 Å². The Kier molecular flexibility index (Phi) is 5.58. The van der Waals surface area contributed by atoms with Crippen LogP contribution in [-0.2, 0) is 12.0 Å². The van der Waals surface area contributed by atoms with Crippen molar-refractivity contribution >= 4 is 5.69 Å². The molecule has 1 aliphatic heterocycles. The number of fused-ring (bicyclic) bond motifs is 1. The third kappa shape index (κ3) is 3.41. The molecule has 0 radical (unpaired) electrons. The number of aliphatic hydroxyl groups excluding tert-OH is 1. The zero-order chi connectivity index (χ0) is 20.0. The molecule has 0 saturated heterocycles. The minimum Gasteiger partial charge on any atom is -0.395 e. The molecule has 2 rings (SSSR count). The Hall–Kier alpha value is -1.06. The topological polar surface area (TPSA) is 35.5 Å². The minimum absolute atomic E-state index is 0.0418. The molecule has 0 amide bonds.